The highest BCUT2D eigenvalue weighted by molar-refractivity contribution is 5.21. The van der Waals surface area contributed by atoms with E-state index in [1.165, 1.54) is 6.08 Å². The molecule has 88 valence electrons. The Labute approximate surface area is 87.0 Å². The highest BCUT2D eigenvalue weighted by atomic mass is 19.4. The standard InChI is InChI=1S/C10H16F3NO/c11-10(12,13)9(15,7-14)8-5-3-1-2-4-6-8/h5,15H,1-4,6-7,14H2. The fraction of sp³-hybridized carbons (Fsp3) is 0.800. The van der Waals surface area contributed by atoms with E-state index in [0.717, 1.165) is 12.8 Å². The van der Waals surface area contributed by atoms with E-state index in [-0.39, 0.29) is 12.0 Å². The van der Waals surface area contributed by atoms with Crippen LogP contribution in [-0.4, -0.2) is 23.4 Å². The van der Waals surface area contributed by atoms with E-state index in [2.05, 4.69) is 0 Å². The molecule has 1 rings (SSSR count). The molecule has 0 aromatic rings. The van der Waals surface area contributed by atoms with Gasteiger partial charge < -0.3 is 10.8 Å². The van der Waals surface area contributed by atoms with Gasteiger partial charge in [-0.25, -0.2) is 0 Å². The van der Waals surface area contributed by atoms with Gasteiger partial charge >= 0.3 is 6.18 Å². The summed E-state index contributed by atoms with van der Waals surface area (Å²) in [5, 5.41) is 9.59. The largest absolute Gasteiger partial charge is 0.422 e. The molecule has 0 saturated heterocycles. The highest BCUT2D eigenvalue weighted by Crippen LogP contribution is 2.38. The minimum atomic E-state index is -4.68. The second-order valence-electron chi connectivity index (χ2n) is 3.89. The predicted molar refractivity (Wildman–Crippen MR) is 51.2 cm³/mol. The van der Waals surface area contributed by atoms with Crippen LogP contribution in [0.5, 0.6) is 0 Å². The van der Waals surface area contributed by atoms with E-state index < -0.39 is 18.3 Å². The van der Waals surface area contributed by atoms with Gasteiger partial charge in [0.2, 0.25) is 0 Å². The average Bonchev–Trinajstić information content (AvgIpc) is 2.43. The van der Waals surface area contributed by atoms with Crippen molar-refractivity contribution in [3.8, 4) is 0 Å². The summed E-state index contributed by atoms with van der Waals surface area (Å²) in [5.74, 6) is 0. The molecule has 1 aliphatic carbocycles. The molecule has 0 aromatic carbocycles. The Morgan fingerprint density at radius 1 is 1.27 bits per heavy atom. The molecule has 15 heavy (non-hydrogen) atoms. The number of allylic oxidation sites excluding steroid dienone is 1. The third-order valence-corrected chi connectivity index (χ3v) is 2.84. The Bertz CT molecular complexity index is 250. The Kier molecular flexibility index (Phi) is 3.78. The quantitative estimate of drug-likeness (QED) is 0.704. The number of alkyl halides is 3. The van der Waals surface area contributed by atoms with Crippen LogP contribution < -0.4 is 5.73 Å². The molecule has 0 heterocycles. The highest BCUT2D eigenvalue weighted by Gasteiger charge is 2.54. The van der Waals surface area contributed by atoms with Gasteiger partial charge in [0.05, 0.1) is 0 Å². The monoisotopic (exact) mass is 223 g/mol. The lowest BCUT2D eigenvalue weighted by Crippen LogP contribution is -2.52. The van der Waals surface area contributed by atoms with Crippen molar-refractivity contribution in [3.63, 3.8) is 0 Å². The third kappa shape index (κ3) is 2.52. The van der Waals surface area contributed by atoms with Crippen molar-refractivity contribution < 1.29 is 18.3 Å². The smallest absolute Gasteiger partial charge is 0.376 e. The summed E-state index contributed by atoms with van der Waals surface area (Å²) in [5.41, 5.74) is 2.28. The van der Waals surface area contributed by atoms with Crippen molar-refractivity contribution in [1.29, 1.82) is 0 Å². The molecule has 1 aliphatic rings. The summed E-state index contributed by atoms with van der Waals surface area (Å²) in [7, 11) is 0. The second kappa shape index (κ2) is 4.53. The van der Waals surface area contributed by atoms with Gasteiger partial charge in [0, 0.05) is 6.54 Å². The molecule has 3 N–H and O–H groups in total. The molecule has 0 amide bonds. The van der Waals surface area contributed by atoms with Crippen LogP contribution in [0.4, 0.5) is 13.2 Å². The Morgan fingerprint density at radius 3 is 2.47 bits per heavy atom. The zero-order valence-corrected chi connectivity index (χ0v) is 8.48. The van der Waals surface area contributed by atoms with Gasteiger partial charge in [-0.05, 0) is 31.3 Å². The van der Waals surface area contributed by atoms with Crippen molar-refractivity contribution in [3.05, 3.63) is 11.6 Å². The van der Waals surface area contributed by atoms with Gasteiger partial charge in [0.25, 0.3) is 0 Å². The van der Waals surface area contributed by atoms with E-state index in [1.54, 1.807) is 0 Å². The molecule has 0 radical (unpaired) electrons. The lowest BCUT2D eigenvalue weighted by Gasteiger charge is -2.31. The lowest BCUT2D eigenvalue weighted by atomic mass is 9.89. The van der Waals surface area contributed by atoms with Crippen LogP contribution >= 0.6 is 0 Å². The first kappa shape index (κ1) is 12.5. The minimum absolute atomic E-state index is 0.0370. The van der Waals surface area contributed by atoms with Crippen LogP contribution in [0.3, 0.4) is 0 Å². The van der Waals surface area contributed by atoms with Crippen LogP contribution in [0.1, 0.15) is 32.1 Å². The molecule has 0 bridgehead atoms. The number of halogens is 3. The number of hydrogen-bond donors (Lipinski definition) is 2. The molecular formula is C10H16F3NO. The maximum Gasteiger partial charge on any atom is 0.422 e. The Balaban J connectivity index is 2.94. The number of aliphatic hydroxyl groups is 1. The first-order valence-electron chi connectivity index (χ1n) is 5.10. The lowest BCUT2D eigenvalue weighted by molar-refractivity contribution is -0.240. The molecule has 0 aromatic heterocycles. The summed E-state index contributed by atoms with van der Waals surface area (Å²) >= 11 is 0. The van der Waals surface area contributed by atoms with E-state index in [1.807, 2.05) is 0 Å². The average molecular weight is 223 g/mol. The Morgan fingerprint density at radius 2 is 1.93 bits per heavy atom. The summed E-state index contributed by atoms with van der Waals surface area (Å²) in [6.07, 6.45) is 0.150. The van der Waals surface area contributed by atoms with Crippen molar-refractivity contribution in [1.82, 2.24) is 0 Å². The topological polar surface area (TPSA) is 46.2 Å². The van der Waals surface area contributed by atoms with Gasteiger partial charge in [0.1, 0.15) is 0 Å². The summed E-state index contributed by atoms with van der Waals surface area (Å²) in [6.45, 7) is -0.803. The molecule has 0 saturated carbocycles. The number of rotatable bonds is 2. The van der Waals surface area contributed by atoms with Crippen LogP contribution in [-0.2, 0) is 0 Å². The minimum Gasteiger partial charge on any atom is -0.376 e. The van der Waals surface area contributed by atoms with Crippen molar-refractivity contribution >= 4 is 0 Å². The SMILES string of the molecule is NCC(O)(C1=CCCCCC1)C(F)(F)F. The molecule has 2 nitrogen and oxygen atoms in total. The van der Waals surface area contributed by atoms with Crippen LogP contribution in [0.2, 0.25) is 0 Å². The van der Waals surface area contributed by atoms with E-state index in [9.17, 15) is 18.3 Å². The summed E-state index contributed by atoms with van der Waals surface area (Å²) < 4.78 is 38.0. The normalized spacial score (nSPS) is 22.9. The van der Waals surface area contributed by atoms with E-state index >= 15 is 0 Å². The van der Waals surface area contributed by atoms with Crippen LogP contribution in [0, 0.1) is 0 Å². The van der Waals surface area contributed by atoms with E-state index in [0.29, 0.717) is 12.8 Å². The molecule has 1 unspecified atom stereocenters. The molecule has 0 spiro atoms. The van der Waals surface area contributed by atoms with Gasteiger partial charge in [-0.3, -0.25) is 0 Å². The fourth-order valence-electron chi connectivity index (χ4n) is 1.82. The molecular weight excluding hydrogens is 207 g/mol. The van der Waals surface area contributed by atoms with Gasteiger partial charge in [-0.15, -0.1) is 0 Å². The molecule has 0 fully saturated rings. The van der Waals surface area contributed by atoms with Crippen molar-refractivity contribution in [2.24, 2.45) is 5.73 Å². The predicted octanol–water partition coefficient (Wildman–Crippen LogP) is 2.13. The molecule has 5 heteroatoms. The first-order valence-corrected chi connectivity index (χ1v) is 5.10. The van der Waals surface area contributed by atoms with Crippen LogP contribution in [0.15, 0.2) is 11.6 Å². The zero-order valence-electron chi connectivity index (χ0n) is 8.48. The van der Waals surface area contributed by atoms with Crippen LogP contribution in [0.25, 0.3) is 0 Å². The maximum atomic E-state index is 12.7. The number of hydrogen-bond acceptors (Lipinski definition) is 2. The second-order valence-corrected chi connectivity index (χ2v) is 3.89. The molecule has 0 aliphatic heterocycles. The number of nitrogens with two attached hydrogens (primary N) is 1. The fourth-order valence-corrected chi connectivity index (χ4v) is 1.82. The van der Waals surface area contributed by atoms with Crippen molar-refractivity contribution in [2.45, 2.75) is 43.9 Å². The van der Waals surface area contributed by atoms with E-state index in [4.69, 9.17) is 5.73 Å². The zero-order chi connectivity index (χ0) is 11.5. The first-order chi connectivity index (χ1) is 6.92. The van der Waals surface area contributed by atoms with Gasteiger partial charge in [-0.1, -0.05) is 12.5 Å². The van der Waals surface area contributed by atoms with Crippen molar-refractivity contribution in [2.75, 3.05) is 6.54 Å². The summed E-state index contributed by atoms with van der Waals surface area (Å²) in [4.78, 5) is 0. The third-order valence-electron chi connectivity index (χ3n) is 2.84. The summed E-state index contributed by atoms with van der Waals surface area (Å²) in [6, 6.07) is 0. The maximum absolute atomic E-state index is 12.7. The molecule has 1 atom stereocenters. The Hall–Kier alpha value is -0.550. The van der Waals surface area contributed by atoms with Gasteiger partial charge in [-0.2, -0.15) is 13.2 Å². The van der Waals surface area contributed by atoms with Gasteiger partial charge in [0.15, 0.2) is 5.60 Å².